The van der Waals surface area contributed by atoms with Crippen LogP contribution in [0.2, 0.25) is 0 Å². The van der Waals surface area contributed by atoms with Gasteiger partial charge in [0.1, 0.15) is 11.3 Å². The van der Waals surface area contributed by atoms with Crippen LogP contribution in [0.25, 0.3) is 11.0 Å². The van der Waals surface area contributed by atoms with Gasteiger partial charge in [-0.05, 0) is 29.8 Å². The zero-order valence-corrected chi connectivity index (χ0v) is 15.8. The first kappa shape index (κ1) is 18.7. The first-order valence-electron chi connectivity index (χ1n) is 8.82. The molecule has 150 valence electrons. The van der Waals surface area contributed by atoms with Crippen molar-refractivity contribution in [1.82, 2.24) is 0 Å². The molecule has 0 spiro atoms. The maximum Gasteiger partial charge on any atom is 0.343 e. The summed E-state index contributed by atoms with van der Waals surface area (Å²) in [4.78, 5) is 24.9. The van der Waals surface area contributed by atoms with Crippen LogP contribution < -0.4 is 19.8 Å². The number of rotatable bonds is 5. The van der Waals surface area contributed by atoms with Crippen molar-refractivity contribution in [1.29, 1.82) is 0 Å². The van der Waals surface area contributed by atoms with Crippen molar-refractivity contribution in [2.45, 2.75) is 12.3 Å². The number of fused-ring (bicyclic) bond motifs is 2. The van der Waals surface area contributed by atoms with Crippen molar-refractivity contribution >= 4 is 16.9 Å². The van der Waals surface area contributed by atoms with E-state index < -0.39 is 17.5 Å². The average molecular weight is 398 g/mol. The van der Waals surface area contributed by atoms with Gasteiger partial charge in [-0.15, -0.1) is 0 Å². The lowest BCUT2D eigenvalue weighted by Gasteiger charge is -2.19. The van der Waals surface area contributed by atoms with Crippen LogP contribution in [0.5, 0.6) is 23.0 Å². The number of carbonyl (C=O) groups is 1. The van der Waals surface area contributed by atoms with Crippen LogP contribution in [0, 0.1) is 0 Å². The fourth-order valence-electron chi connectivity index (χ4n) is 3.44. The van der Waals surface area contributed by atoms with E-state index in [-0.39, 0.29) is 30.1 Å². The van der Waals surface area contributed by atoms with Crippen LogP contribution in [0.1, 0.15) is 23.5 Å². The highest BCUT2D eigenvalue weighted by molar-refractivity contribution is 5.85. The van der Waals surface area contributed by atoms with E-state index in [0.29, 0.717) is 28.2 Å². The van der Waals surface area contributed by atoms with Gasteiger partial charge in [0, 0.05) is 5.92 Å². The van der Waals surface area contributed by atoms with Crippen molar-refractivity contribution in [3.63, 3.8) is 0 Å². The second-order valence-corrected chi connectivity index (χ2v) is 6.44. The van der Waals surface area contributed by atoms with Crippen LogP contribution in [0.15, 0.2) is 45.6 Å². The summed E-state index contributed by atoms with van der Waals surface area (Å²) >= 11 is 0. The van der Waals surface area contributed by atoms with E-state index in [1.165, 1.54) is 14.2 Å². The van der Waals surface area contributed by atoms with Gasteiger partial charge in [-0.25, -0.2) is 4.79 Å². The number of carbonyl (C=O) groups excluding carboxylic acids is 1. The molecular formula is C21H18O8. The molecule has 1 unspecified atom stereocenters. The van der Waals surface area contributed by atoms with Crippen molar-refractivity contribution in [2.24, 2.45) is 0 Å². The van der Waals surface area contributed by atoms with Gasteiger partial charge in [0.25, 0.3) is 0 Å². The summed E-state index contributed by atoms with van der Waals surface area (Å²) in [6, 6.07) is 9.90. The Morgan fingerprint density at radius 3 is 2.76 bits per heavy atom. The molecule has 1 atom stereocenters. The highest BCUT2D eigenvalue weighted by Gasteiger charge is 2.30. The quantitative estimate of drug-likeness (QED) is 0.517. The summed E-state index contributed by atoms with van der Waals surface area (Å²) in [6.07, 6.45) is -0.198. The molecule has 2 aromatic carbocycles. The third kappa shape index (κ3) is 3.22. The molecule has 8 heteroatoms. The Morgan fingerprint density at radius 1 is 1.21 bits per heavy atom. The Balaban J connectivity index is 1.94. The highest BCUT2D eigenvalue weighted by atomic mass is 16.7. The smallest absolute Gasteiger partial charge is 0.343 e. The molecule has 0 saturated heterocycles. The molecule has 1 N–H and O–H groups in total. The summed E-state index contributed by atoms with van der Waals surface area (Å²) in [6.45, 7) is 0.0280. The maximum absolute atomic E-state index is 12.8. The molecule has 0 saturated carbocycles. The number of ether oxygens (including phenoxy) is 4. The van der Waals surface area contributed by atoms with E-state index in [1.54, 1.807) is 36.4 Å². The number of aromatic hydroxyl groups is 1. The first-order chi connectivity index (χ1) is 14.0. The summed E-state index contributed by atoms with van der Waals surface area (Å²) in [5.41, 5.74) is -0.0324. The summed E-state index contributed by atoms with van der Waals surface area (Å²) in [5.74, 6) is -0.427. The lowest BCUT2D eigenvalue weighted by molar-refractivity contribution is -0.140. The second-order valence-electron chi connectivity index (χ2n) is 6.44. The molecule has 0 radical (unpaired) electrons. The van der Waals surface area contributed by atoms with Crippen LogP contribution in [-0.2, 0) is 9.53 Å². The Morgan fingerprint density at radius 2 is 2.00 bits per heavy atom. The standard InChI is InChI=1S/C21H18O8/c1-25-15-7-11(8-16-20(15)28-10-27-16)13(9-17(22)26-2)18-19(23)12-5-3-4-6-14(12)29-21(18)24/h3-8,13,23H,9-10H2,1-2H3. The zero-order valence-electron chi connectivity index (χ0n) is 15.8. The molecule has 0 amide bonds. The molecule has 3 aromatic rings. The Labute approximate surface area is 165 Å². The minimum Gasteiger partial charge on any atom is -0.507 e. The van der Waals surface area contributed by atoms with E-state index in [4.69, 9.17) is 23.4 Å². The molecule has 0 fully saturated rings. The van der Waals surface area contributed by atoms with Crippen molar-refractivity contribution in [3.8, 4) is 23.0 Å². The van der Waals surface area contributed by atoms with E-state index in [1.807, 2.05) is 0 Å². The Hall–Kier alpha value is -3.68. The van der Waals surface area contributed by atoms with Gasteiger partial charge in [0.2, 0.25) is 12.5 Å². The number of esters is 1. The summed E-state index contributed by atoms with van der Waals surface area (Å²) in [7, 11) is 2.72. The Kier molecular flexibility index (Phi) is 4.75. The van der Waals surface area contributed by atoms with Crippen LogP contribution in [0.4, 0.5) is 0 Å². The third-order valence-corrected chi connectivity index (χ3v) is 4.85. The average Bonchev–Trinajstić information content (AvgIpc) is 3.20. The largest absolute Gasteiger partial charge is 0.507 e. The first-order valence-corrected chi connectivity index (χ1v) is 8.82. The minimum atomic E-state index is -0.855. The van der Waals surface area contributed by atoms with E-state index in [2.05, 4.69) is 0 Å². The van der Waals surface area contributed by atoms with Crippen LogP contribution >= 0.6 is 0 Å². The van der Waals surface area contributed by atoms with Gasteiger partial charge >= 0.3 is 11.6 Å². The SMILES string of the molecule is COC(=O)CC(c1cc(OC)c2c(c1)OCO2)c1c(O)c2ccccc2oc1=O. The monoisotopic (exact) mass is 398 g/mol. The molecule has 1 aliphatic heterocycles. The summed E-state index contributed by atoms with van der Waals surface area (Å²) in [5, 5.41) is 11.2. The number of benzene rings is 2. The van der Waals surface area contributed by atoms with E-state index in [0.717, 1.165) is 0 Å². The molecular weight excluding hydrogens is 380 g/mol. The van der Waals surface area contributed by atoms with Gasteiger partial charge in [0.05, 0.1) is 31.6 Å². The lowest BCUT2D eigenvalue weighted by Crippen LogP contribution is -2.18. The highest BCUT2D eigenvalue weighted by Crippen LogP contribution is 2.45. The minimum absolute atomic E-state index is 0.0280. The normalized spacial score (nSPS) is 13.3. The number of methoxy groups -OCH3 is 2. The Bertz CT molecular complexity index is 1150. The van der Waals surface area contributed by atoms with Crippen LogP contribution in [-0.4, -0.2) is 32.1 Å². The predicted molar refractivity (Wildman–Crippen MR) is 102 cm³/mol. The van der Waals surface area contributed by atoms with Crippen molar-refractivity contribution < 1.29 is 33.3 Å². The number of hydrogen-bond donors (Lipinski definition) is 1. The summed E-state index contributed by atoms with van der Waals surface area (Å²) < 4.78 is 26.4. The second kappa shape index (κ2) is 7.38. The van der Waals surface area contributed by atoms with Crippen molar-refractivity contribution in [3.05, 3.63) is 57.9 Å². The molecule has 2 heterocycles. The maximum atomic E-state index is 12.8. The molecule has 0 bridgehead atoms. The van der Waals surface area contributed by atoms with Crippen molar-refractivity contribution in [2.75, 3.05) is 21.0 Å². The molecule has 4 rings (SSSR count). The van der Waals surface area contributed by atoms with E-state index in [9.17, 15) is 14.7 Å². The fourth-order valence-corrected chi connectivity index (χ4v) is 3.44. The van der Waals surface area contributed by atoms with Gasteiger partial charge in [-0.1, -0.05) is 12.1 Å². The van der Waals surface area contributed by atoms with Gasteiger partial charge in [-0.3, -0.25) is 4.79 Å². The van der Waals surface area contributed by atoms with Gasteiger partial charge < -0.3 is 28.5 Å². The van der Waals surface area contributed by atoms with Gasteiger partial charge in [0.15, 0.2) is 11.5 Å². The van der Waals surface area contributed by atoms with Crippen LogP contribution in [0.3, 0.4) is 0 Å². The topological polar surface area (TPSA) is 104 Å². The molecule has 1 aromatic heterocycles. The zero-order chi connectivity index (χ0) is 20.5. The molecule has 1 aliphatic rings. The molecule has 0 aliphatic carbocycles. The number of hydrogen-bond acceptors (Lipinski definition) is 8. The predicted octanol–water partition coefficient (Wildman–Crippen LogP) is 2.93. The van der Waals surface area contributed by atoms with Gasteiger partial charge in [-0.2, -0.15) is 0 Å². The van der Waals surface area contributed by atoms with E-state index >= 15 is 0 Å². The lowest BCUT2D eigenvalue weighted by atomic mass is 9.87. The molecule has 29 heavy (non-hydrogen) atoms. The fraction of sp³-hybridized carbons (Fsp3) is 0.238. The number of para-hydroxylation sites is 1. The molecule has 8 nitrogen and oxygen atoms in total. The third-order valence-electron chi connectivity index (χ3n) is 4.85.